The Bertz CT molecular complexity index is 349. The van der Waals surface area contributed by atoms with Crippen LogP contribution in [0.5, 0.6) is 0 Å². The molecule has 1 unspecified atom stereocenters. The Morgan fingerprint density at radius 1 is 1.05 bits per heavy atom. The third-order valence-electron chi connectivity index (χ3n) is 3.39. The molecule has 128 valence electrons. The lowest BCUT2D eigenvalue weighted by molar-refractivity contribution is 0.140. The molecule has 3 N–H and O–H groups in total. The van der Waals surface area contributed by atoms with Crippen molar-refractivity contribution in [3.05, 3.63) is 0 Å². The zero-order valence-corrected chi connectivity index (χ0v) is 14.6. The summed E-state index contributed by atoms with van der Waals surface area (Å²) in [6.45, 7) is 5.84. The fourth-order valence-electron chi connectivity index (χ4n) is 2.45. The van der Waals surface area contributed by atoms with Gasteiger partial charge in [-0.15, -0.1) is 0 Å². The fraction of sp³-hybridized carbons (Fsp3) is 1.00. The van der Waals surface area contributed by atoms with E-state index >= 15 is 0 Å². The molecule has 1 atom stereocenters. The molecule has 0 aliphatic carbocycles. The molecule has 0 radical (unpaired) electrons. The summed E-state index contributed by atoms with van der Waals surface area (Å²) in [5.41, 5.74) is 5.38. The van der Waals surface area contributed by atoms with Crippen LogP contribution in [0.15, 0.2) is 0 Å². The van der Waals surface area contributed by atoms with E-state index in [1.165, 1.54) is 32.1 Å². The molecule has 0 aromatic heterocycles. The quantitative estimate of drug-likeness (QED) is 0.397. The number of hydrogen-bond donors (Lipinski definition) is 2. The van der Waals surface area contributed by atoms with Crippen molar-refractivity contribution in [1.82, 2.24) is 0 Å². The van der Waals surface area contributed by atoms with Crippen LogP contribution in [0, 0.1) is 0 Å². The van der Waals surface area contributed by atoms with Crippen molar-refractivity contribution >= 4 is 10.4 Å². The van der Waals surface area contributed by atoms with Crippen LogP contribution in [-0.4, -0.2) is 24.6 Å². The van der Waals surface area contributed by atoms with E-state index in [2.05, 4.69) is 6.92 Å². The van der Waals surface area contributed by atoms with Gasteiger partial charge in [0, 0.05) is 5.54 Å². The summed E-state index contributed by atoms with van der Waals surface area (Å²) in [6.07, 6.45) is 9.94. The van der Waals surface area contributed by atoms with E-state index < -0.39 is 22.0 Å². The standard InChI is InChI=1S/C15H33NO4S/c1-4-5-6-7-8-9-10-11-12-14(13-15(2,3)16)20-21(17,18)19/h14H,4-13,16H2,1-3H3,(H,17,18,19). The van der Waals surface area contributed by atoms with Crippen LogP contribution in [-0.2, 0) is 14.6 Å². The van der Waals surface area contributed by atoms with Gasteiger partial charge in [0.15, 0.2) is 0 Å². The molecule has 0 amide bonds. The van der Waals surface area contributed by atoms with Crippen LogP contribution in [0.25, 0.3) is 0 Å². The van der Waals surface area contributed by atoms with E-state index in [1.807, 2.05) is 13.8 Å². The second-order valence-electron chi connectivity index (χ2n) is 6.60. The SMILES string of the molecule is CCCCCCCCCCC(CC(C)(C)N)OS(=O)(=O)O. The second-order valence-corrected chi connectivity index (χ2v) is 7.65. The predicted octanol–water partition coefficient (Wildman–Crippen LogP) is 3.83. The average molecular weight is 323 g/mol. The minimum Gasteiger partial charge on any atom is -0.325 e. The van der Waals surface area contributed by atoms with E-state index in [1.54, 1.807) is 0 Å². The molecule has 0 aromatic rings. The lowest BCUT2D eigenvalue weighted by Crippen LogP contribution is -2.37. The van der Waals surface area contributed by atoms with Crippen LogP contribution in [0.1, 0.15) is 85.0 Å². The third-order valence-corrected chi connectivity index (χ3v) is 3.91. The Hall–Kier alpha value is -0.170. The number of rotatable bonds is 13. The molecule has 5 nitrogen and oxygen atoms in total. The highest BCUT2D eigenvalue weighted by molar-refractivity contribution is 7.80. The van der Waals surface area contributed by atoms with Crippen molar-refractivity contribution < 1.29 is 17.2 Å². The summed E-state index contributed by atoms with van der Waals surface area (Å²) < 4.78 is 35.2. The van der Waals surface area contributed by atoms with Crippen molar-refractivity contribution in [2.24, 2.45) is 5.73 Å². The zero-order chi connectivity index (χ0) is 16.4. The first-order chi connectivity index (χ1) is 9.64. The summed E-state index contributed by atoms with van der Waals surface area (Å²) in [6, 6.07) is 0. The van der Waals surface area contributed by atoms with Crippen LogP contribution < -0.4 is 5.73 Å². The third kappa shape index (κ3) is 16.0. The maximum Gasteiger partial charge on any atom is 0.397 e. The number of nitrogens with two attached hydrogens (primary N) is 1. The smallest absolute Gasteiger partial charge is 0.325 e. The van der Waals surface area contributed by atoms with Gasteiger partial charge in [0.25, 0.3) is 0 Å². The summed E-state index contributed by atoms with van der Waals surface area (Å²) in [7, 11) is -4.41. The molecule has 0 saturated heterocycles. The van der Waals surface area contributed by atoms with Gasteiger partial charge < -0.3 is 5.73 Å². The largest absolute Gasteiger partial charge is 0.397 e. The highest BCUT2D eigenvalue weighted by Crippen LogP contribution is 2.19. The van der Waals surface area contributed by atoms with E-state index in [0.29, 0.717) is 12.8 Å². The molecule has 21 heavy (non-hydrogen) atoms. The number of hydrogen-bond acceptors (Lipinski definition) is 4. The topological polar surface area (TPSA) is 89.6 Å². The molecule has 0 aliphatic rings. The highest BCUT2D eigenvalue weighted by atomic mass is 32.3. The van der Waals surface area contributed by atoms with Crippen molar-refractivity contribution in [2.75, 3.05) is 0 Å². The van der Waals surface area contributed by atoms with Gasteiger partial charge in [-0.1, -0.05) is 58.3 Å². The van der Waals surface area contributed by atoms with E-state index in [4.69, 9.17) is 14.5 Å². The van der Waals surface area contributed by atoms with Crippen molar-refractivity contribution in [1.29, 1.82) is 0 Å². The zero-order valence-electron chi connectivity index (χ0n) is 13.8. The summed E-state index contributed by atoms with van der Waals surface area (Å²) in [5.74, 6) is 0. The molecular formula is C15H33NO4S. The summed E-state index contributed by atoms with van der Waals surface area (Å²) >= 11 is 0. The number of unbranched alkanes of at least 4 members (excludes halogenated alkanes) is 7. The van der Waals surface area contributed by atoms with Crippen molar-refractivity contribution in [3.63, 3.8) is 0 Å². The molecular weight excluding hydrogens is 290 g/mol. The van der Waals surface area contributed by atoms with E-state index in [-0.39, 0.29) is 0 Å². The Morgan fingerprint density at radius 3 is 1.95 bits per heavy atom. The van der Waals surface area contributed by atoms with Gasteiger partial charge in [-0.2, -0.15) is 8.42 Å². The van der Waals surface area contributed by atoms with Gasteiger partial charge in [-0.3, -0.25) is 4.55 Å². The Morgan fingerprint density at radius 2 is 1.52 bits per heavy atom. The maximum absolute atomic E-state index is 10.9. The van der Waals surface area contributed by atoms with Gasteiger partial charge in [0.2, 0.25) is 0 Å². The summed E-state index contributed by atoms with van der Waals surface area (Å²) in [4.78, 5) is 0. The van der Waals surface area contributed by atoms with E-state index in [9.17, 15) is 8.42 Å². The monoisotopic (exact) mass is 323 g/mol. The Balaban J connectivity index is 3.91. The van der Waals surface area contributed by atoms with Crippen LogP contribution in [0.3, 0.4) is 0 Å². The van der Waals surface area contributed by atoms with Gasteiger partial charge in [-0.05, 0) is 26.7 Å². The van der Waals surface area contributed by atoms with Gasteiger partial charge in [-0.25, -0.2) is 4.18 Å². The molecule has 0 bridgehead atoms. The lowest BCUT2D eigenvalue weighted by atomic mass is 9.95. The molecule has 0 spiro atoms. The predicted molar refractivity (Wildman–Crippen MR) is 86.5 cm³/mol. The minimum atomic E-state index is -4.41. The second kappa shape index (κ2) is 10.5. The molecule has 0 saturated carbocycles. The summed E-state index contributed by atoms with van der Waals surface area (Å²) in [5, 5.41) is 0. The highest BCUT2D eigenvalue weighted by Gasteiger charge is 2.23. The molecule has 0 fully saturated rings. The molecule has 0 aromatic carbocycles. The Labute approximate surface area is 130 Å². The molecule has 0 aliphatic heterocycles. The lowest BCUT2D eigenvalue weighted by Gasteiger charge is -2.24. The Kier molecular flexibility index (Phi) is 10.5. The maximum atomic E-state index is 10.9. The van der Waals surface area contributed by atoms with Crippen molar-refractivity contribution in [2.45, 2.75) is 96.6 Å². The van der Waals surface area contributed by atoms with Crippen molar-refractivity contribution in [3.8, 4) is 0 Å². The van der Waals surface area contributed by atoms with Gasteiger partial charge in [0.1, 0.15) is 0 Å². The van der Waals surface area contributed by atoms with Gasteiger partial charge >= 0.3 is 10.4 Å². The normalized spacial score (nSPS) is 14.3. The minimum absolute atomic E-state index is 0.406. The first-order valence-electron chi connectivity index (χ1n) is 8.08. The molecule has 0 heterocycles. The van der Waals surface area contributed by atoms with Crippen LogP contribution in [0.2, 0.25) is 0 Å². The fourth-order valence-corrected chi connectivity index (χ4v) is 2.96. The van der Waals surface area contributed by atoms with E-state index in [0.717, 1.165) is 19.3 Å². The molecule has 0 rings (SSSR count). The van der Waals surface area contributed by atoms with Crippen LogP contribution in [0.4, 0.5) is 0 Å². The molecule has 6 heteroatoms. The van der Waals surface area contributed by atoms with Crippen LogP contribution >= 0.6 is 0 Å². The first-order valence-corrected chi connectivity index (χ1v) is 9.45. The first kappa shape index (κ1) is 20.8. The van der Waals surface area contributed by atoms with Gasteiger partial charge in [0.05, 0.1) is 6.10 Å². The average Bonchev–Trinajstić information content (AvgIpc) is 2.28.